The number of nitrogens with one attached hydrogen (secondary N) is 1. The van der Waals surface area contributed by atoms with E-state index in [-0.39, 0.29) is 12.2 Å². The molecule has 1 fully saturated rings. The molecule has 1 aliphatic heterocycles. The first kappa shape index (κ1) is 13.1. The van der Waals surface area contributed by atoms with Crippen LogP contribution in [0.4, 0.5) is 5.88 Å². The van der Waals surface area contributed by atoms with Crippen LogP contribution in [-0.4, -0.2) is 37.9 Å². The zero-order valence-corrected chi connectivity index (χ0v) is 11.3. The summed E-state index contributed by atoms with van der Waals surface area (Å²) in [6, 6.07) is 7.42. The molecule has 1 aromatic heterocycles. The Morgan fingerprint density at radius 1 is 1.20 bits per heavy atom. The highest BCUT2D eigenvalue weighted by atomic mass is 16.4. The third kappa shape index (κ3) is 2.30. The van der Waals surface area contributed by atoms with Gasteiger partial charge in [0.15, 0.2) is 0 Å². The first-order chi connectivity index (χ1) is 9.81. The minimum Gasteiger partial charge on any atom is -0.406 e. The van der Waals surface area contributed by atoms with E-state index in [0.29, 0.717) is 17.7 Å². The number of nitrogens with zero attached hydrogens (tertiary/aromatic N) is 1. The van der Waals surface area contributed by atoms with Gasteiger partial charge in [-0.3, -0.25) is 0 Å². The number of fused-ring (bicyclic) bond motifs is 1. The molecule has 0 unspecified atom stereocenters. The SMILES string of the molecule is O=c1oc(N2CCNCC2)c(CCO)c2ccccc12. The number of aliphatic hydroxyl groups excluding tert-OH is 1. The molecule has 0 amide bonds. The van der Waals surface area contributed by atoms with Crippen molar-refractivity contribution in [3.8, 4) is 0 Å². The van der Waals surface area contributed by atoms with Crippen molar-refractivity contribution in [1.29, 1.82) is 0 Å². The Bertz CT molecular complexity index is 660. The van der Waals surface area contributed by atoms with E-state index in [9.17, 15) is 9.90 Å². The maximum Gasteiger partial charge on any atom is 0.345 e. The second-order valence-electron chi connectivity index (χ2n) is 4.93. The van der Waals surface area contributed by atoms with Crippen molar-refractivity contribution in [2.45, 2.75) is 6.42 Å². The Kier molecular flexibility index (Phi) is 3.71. The lowest BCUT2D eigenvalue weighted by molar-refractivity contribution is 0.298. The van der Waals surface area contributed by atoms with E-state index in [1.165, 1.54) is 0 Å². The largest absolute Gasteiger partial charge is 0.406 e. The molecule has 20 heavy (non-hydrogen) atoms. The van der Waals surface area contributed by atoms with Crippen LogP contribution in [-0.2, 0) is 6.42 Å². The fourth-order valence-corrected chi connectivity index (χ4v) is 2.72. The summed E-state index contributed by atoms with van der Waals surface area (Å²) in [6.07, 6.45) is 0.490. The quantitative estimate of drug-likeness (QED) is 0.864. The highest BCUT2D eigenvalue weighted by Gasteiger charge is 2.20. The molecule has 0 atom stereocenters. The Morgan fingerprint density at radius 2 is 1.90 bits per heavy atom. The molecule has 0 spiro atoms. The van der Waals surface area contributed by atoms with Crippen molar-refractivity contribution in [2.75, 3.05) is 37.7 Å². The standard InChI is InChI=1S/C15H18N2O3/c18-10-5-12-11-3-1-2-4-13(11)15(19)20-14(12)17-8-6-16-7-9-17/h1-4,16,18H,5-10H2. The van der Waals surface area contributed by atoms with Crippen LogP contribution in [0.15, 0.2) is 33.5 Å². The summed E-state index contributed by atoms with van der Waals surface area (Å²) in [5, 5.41) is 14.1. The minimum absolute atomic E-state index is 0.0385. The van der Waals surface area contributed by atoms with Gasteiger partial charge in [0, 0.05) is 44.8 Å². The summed E-state index contributed by atoms with van der Waals surface area (Å²) in [5.74, 6) is 0.615. The van der Waals surface area contributed by atoms with Crippen molar-refractivity contribution < 1.29 is 9.52 Å². The van der Waals surface area contributed by atoms with E-state index >= 15 is 0 Å². The van der Waals surface area contributed by atoms with E-state index in [1.807, 2.05) is 18.2 Å². The minimum atomic E-state index is -0.309. The summed E-state index contributed by atoms with van der Waals surface area (Å²) in [7, 11) is 0. The monoisotopic (exact) mass is 274 g/mol. The van der Waals surface area contributed by atoms with E-state index in [0.717, 1.165) is 37.1 Å². The predicted molar refractivity (Wildman–Crippen MR) is 78.4 cm³/mol. The number of anilines is 1. The van der Waals surface area contributed by atoms with Crippen molar-refractivity contribution in [2.24, 2.45) is 0 Å². The summed E-state index contributed by atoms with van der Waals surface area (Å²) < 4.78 is 5.55. The van der Waals surface area contributed by atoms with Gasteiger partial charge in [0.2, 0.25) is 5.88 Å². The van der Waals surface area contributed by atoms with Gasteiger partial charge in [-0.25, -0.2) is 4.79 Å². The molecule has 0 saturated carbocycles. The van der Waals surface area contributed by atoms with Crippen molar-refractivity contribution in [3.63, 3.8) is 0 Å². The van der Waals surface area contributed by atoms with Gasteiger partial charge in [0.25, 0.3) is 0 Å². The molecular formula is C15H18N2O3. The van der Waals surface area contributed by atoms with Crippen molar-refractivity contribution in [3.05, 3.63) is 40.2 Å². The number of hydrogen-bond donors (Lipinski definition) is 2. The molecule has 1 aliphatic rings. The van der Waals surface area contributed by atoms with Gasteiger partial charge < -0.3 is 19.7 Å². The molecule has 5 nitrogen and oxygen atoms in total. The number of benzene rings is 1. The highest BCUT2D eigenvalue weighted by Crippen LogP contribution is 2.27. The van der Waals surface area contributed by atoms with E-state index in [2.05, 4.69) is 10.2 Å². The molecule has 0 bridgehead atoms. The molecule has 2 heterocycles. The fourth-order valence-electron chi connectivity index (χ4n) is 2.72. The number of rotatable bonds is 3. The second kappa shape index (κ2) is 5.64. The zero-order chi connectivity index (χ0) is 13.9. The first-order valence-electron chi connectivity index (χ1n) is 6.92. The van der Waals surface area contributed by atoms with Gasteiger partial charge >= 0.3 is 5.63 Å². The third-order valence-electron chi connectivity index (χ3n) is 3.69. The number of piperazine rings is 1. The Hall–Kier alpha value is -1.85. The van der Waals surface area contributed by atoms with Crippen molar-refractivity contribution >= 4 is 16.7 Å². The Morgan fingerprint density at radius 3 is 2.60 bits per heavy atom. The molecule has 2 N–H and O–H groups in total. The van der Waals surface area contributed by atoms with Gasteiger partial charge in [-0.05, 0) is 11.5 Å². The molecule has 2 aromatic rings. The lowest BCUT2D eigenvalue weighted by atomic mass is 10.0. The van der Waals surface area contributed by atoms with Crippen LogP contribution < -0.4 is 15.8 Å². The second-order valence-corrected chi connectivity index (χ2v) is 4.93. The van der Waals surface area contributed by atoms with Crippen LogP contribution in [0.5, 0.6) is 0 Å². The van der Waals surface area contributed by atoms with Gasteiger partial charge in [0.05, 0.1) is 5.39 Å². The van der Waals surface area contributed by atoms with Crippen LogP contribution in [0.3, 0.4) is 0 Å². The van der Waals surface area contributed by atoms with Crippen LogP contribution in [0.1, 0.15) is 5.56 Å². The van der Waals surface area contributed by atoms with Gasteiger partial charge in [-0.1, -0.05) is 18.2 Å². The lowest BCUT2D eigenvalue weighted by Crippen LogP contribution is -2.44. The van der Waals surface area contributed by atoms with Crippen LogP contribution in [0.2, 0.25) is 0 Å². The Labute approximate surface area is 116 Å². The number of hydrogen-bond acceptors (Lipinski definition) is 5. The van der Waals surface area contributed by atoms with E-state index in [4.69, 9.17) is 4.42 Å². The van der Waals surface area contributed by atoms with Gasteiger partial charge in [-0.15, -0.1) is 0 Å². The molecule has 1 aromatic carbocycles. The molecule has 1 saturated heterocycles. The maximum absolute atomic E-state index is 12.1. The third-order valence-corrected chi connectivity index (χ3v) is 3.69. The molecule has 3 rings (SSSR count). The maximum atomic E-state index is 12.1. The lowest BCUT2D eigenvalue weighted by Gasteiger charge is -2.29. The molecular weight excluding hydrogens is 256 g/mol. The average molecular weight is 274 g/mol. The van der Waals surface area contributed by atoms with E-state index < -0.39 is 0 Å². The summed E-state index contributed by atoms with van der Waals surface area (Å²) in [5.41, 5.74) is 0.612. The van der Waals surface area contributed by atoms with Gasteiger partial charge in [-0.2, -0.15) is 0 Å². The number of aliphatic hydroxyl groups is 1. The molecule has 0 radical (unpaired) electrons. The Balaban J connectivity index is 2.19. The fraction of sp³-hybridized carbons (Fsp3) is 0.400. The average Bonchev–Trinajstić information content (AvgIpc) is 2.51. The summed E-state index contributed by atoms with van der Waals surface area (Å²) in [6.45, 7) is 3.39. The van der Waals surface area contributed by atoms with E-state index in [1.54, 1.807) is 6.07 Å². The molecule has 5 heteroatoms. The molecule has 0 aliphatic carbocycles. The van der Waals surface area contributed by atoms with Crippen LogP contribution in [0, 0.1) is 0 Å². The van der Waals surface area contributed by atoms with Crippen LogP contribution in [0.25, 0.3) is 10.8 Å². The first-order valence-corrected chi connectivity index (χ1v) is 6.92. The van der Waals surface area contributed by atoms with Crippen LogP contribution >= 0.6 is 0 Å². The highest BCUT2D eigenvalue weighted by molar-refractivity contribution is 5.87. The summed E-state index contributed by atoms with van der Waals surface area (Å²) in [4.78, 5) is 14.2. The van der Waals surface area contributed by atoms with Crippen molar-refractivity contribution in [1.82, 2.24) is 5.32 Å². The topological polar surface area (TPSA) is 65.7 Å². The smallest absolute Gasteiger partial charge is 0.345 e. The predicted octanol–water partition coefficient (Wildman–Crippen LogP) is 0.737. The van der Waals surface area contributed by atoms with Gasteiger partial charge in [0.1, 0.15) is 0 Å². The normalized spacial score (nSPS) is 15.8. The summed E-state index contributed by atoms with van der Waals surface area (Å²) >= 11 is 0. The molecule has 106 valence electrons. The zero-order valence-electron chi connectivity index (χ0n) is 11.3.